The van der Waals surface area contributed by atoms with Gasteiger partial charge in [0.1, 0.15) is 0 Å². The van der Waals surface area contributed by atoms with Crippen LogP contribution in [0.15, 0.2) is 42.7 Å². The zero-order chi connectivity index (χ0) is 18.2. The third-order valence-corrected chi connectivity index (χ3v) is 9.22. The van der Waals surface area contributed by atoms with Gasteiger partial charge in [-0.1, -0.05) is 0 Å². The van der Waals surface area contributed by atoms with Crippen molar-refractivity contribution in [3.8, 4) is 11.3 Å². The summed E-state index contributed by atoms with van der Waals surface area (Å²) in [5.74, 6) is 7.98. The van der Waals surface area contributed by atoms with Gasteiger partial charge in [0, 0.05) is 0 Å². The molecule has 1 heterocycles. The summed E-state index contributed by atoms with van der Waals surface area (Å²) >= 11 is -1.82. The minimum atomic E-state index is -1.82. The van der Waals surface area contributed by atoms with Gasteiger partial charge in [0.2, 0.25) is 0 Å². The first kappa shape index (κ1) is 18.1. The molecule has 0 radical (unpaired) electrons. The molecule has 0 aliphatic rings. The molecule has 0 bridgehead atoms. The fourth-order valence-electron chi connectivity index (χ4n) is 3.58. The Morgan fingerprint density at radius 2 is 1.72 bits per heavy atom. The fourth-order valence-corrected chi connectivity index (χ4v) is 7.44. The quantitative estimate of drug-likeness (QED) is 0.559. The van der Waals surface area contributed by atoms with Crippen molar-refractivity contribution in [3.05, 3.63) is 53.9 Å². The Morgan fingerprint density at radius 1 is 0.960 bits per heavy atom. The molecular weight excluding hydrogens is 365 g/mol. The molecule has 0 atom stereocenters. The van der Waals surface area contributed by atoms with Gasteiger partial charge >= 0.3 is 154 Å². The van der Waals surface area contributed by atoms with Crippen LogP contribution in [-0.4, -0.2) is 23.2 Å². The van der Waals surface area contributed by atoms with E-state index in [1.54, 1.807) is 10.7 Å². The Balaban J connectivity index is 2.08. The van der Waals surface area contributed by atoms with Crippen LogP contribution >= 0.6 is 0 Å². The third-order valence-electron chi connectivity index (χ3n) is 4.65. The number of nitrogens with zero attached hydrogens (tertiary/aromatic N) is 2. The Kier molecular flexibility index (Phi) is 5.01. The van der Waals surface area contributed by atoms with Gasteiger partial charge in [-0.05, 0) is 0 Å². The monoisotopic (exact) mass is 394 g/mol. The van der Waals surface area contributed by atoms with Crippen LogP contribution in [0.4, 0.5) is 0 Å². The van der Waals surface area contributed by atoms with Gasteiger partial charge in [-0.3, -0.25) is 0 Å². The number of hydrogen-bond donors (Lipinski definition) is 0. The second-order valence-corrected chi connectivity index (χ2v) is 19.0. The topological polar surface area (TPSA) is 25.8 Å². The molecule has 0 N–H and O–H groups in total. The molecule has 2 aromatic carbocycles. The SMILES string of the molecule is Cc1cc(-c2ncnc3cc(CC(C)C)ccc23)cc[c]1[Ge]([CH3])([CH3])[CH3]. The first-order valence-electron chi connectivity index (χ1n) is 9.11. The summed E-state index contributed by atoms with van der Waals surface area (Å²) in [7, 11) is 0. The molecule has 0 aliphatic carbocycles. The van der Waals surface area contributed by atoms with Crippen LogP contribution in [0.2, 0.25) is 17.3 Å². The molecule has 3 aromatic rings. The van der Waals surface area contributed by atoms with Gasteiger partial charge in [0.25, 0.3) is 0 Å². The van der Waals surface area contributed by atoms with Crippen molar-refractivity contribution >= 4 is 28.6 Å². The molecule has 2 nitrogen and oxygen atoms in total. The van der Waals surface area contributed by atoms with Gasteiger partial charge in [-0.2, -0.15) is 0 Å². The summed E-state index contributed by atoms with van der Waals surface area (Å²) in [6, 6.07) is 13.5. The van der Waals surface area contributed by atoms with Crippen molar-refractivity contribution in [1.29, 1.82) is 0 Å². The molecule has 25 heavy (non-hydrogen) atoms. The second kappa shape index (κ2) is 6.91. The van der Waals surface area contributed by atoms with Crippen molar-refractivity contribution in [2.45, 2.75) is 44.5 Å². The molecule has 0 fully saturated rings. The number of aromatic nitrogens is 2. The molecule has 3 rings (SSSR count). The van der Waals surface area contributed by atoms with E-state index in [4.69, 9.17) is 0 Å². The van der Waals surface area contributed by atoms with Crippen LogP contribution in [0.1, 0.15) is 25.0 Å². The number of fused-ring (bicyclic) bond motifs is 1. The second-order valence-electron chi connectivity index (χ2n) is 8.45. The molecular formula is C22H28GeN2. The zero-order valence-electron chi connectivity index (χ0n) is 16.2. The van der Waals surface area contributed by atoms with Crippen LogP contribution in [0, 0.1) is 12.8 Å². The van der Waals surface area contributed by atoms with Gasteiger partial charge < -0.3 is 0 Å². The summed E-state index contributed by atoms with van der Waals surface area (Å²) in [6.45, 7) is 6.73. The number of hydrogen-bond acceptors (Lipinski definition) is 2. The van der Waals surface area contributed by atoms with Gasteiger partial charge in [0.15, 0.2) is 0 Å². The van der Waals surface area contributed by atoms with E-state index in [0.29, 0.717) is 5.92 Å². The Morgan fingerprint density at radius 3 is 2.36 bits per heavy atom. The molecule has 0 amide bonds. The van der Waals surface area contributed by atoms with E-state index >= 15 is 0 Å². The summed E-state index contributed by atoms with van der Waals surface area (Å²) in [5.41, 5.74) is 6.01. The van der Waals surface area contributed by atoms with E-state index in [-0.39, 0.29) is 0 Å². The van der Waals surface area contributed by atoms with Crippen molar-refractivity contribution in [3.63, 3.8) is 0 Å². The van der Waals surface area contributed by atoms with Crippen molar-refractivity contribution in [1.82, 2.24) is 9.97 Å². The minimum absolute atomic E-state index is 0.650. The van der Waals surface area contributed by atoms with E-state index in [2.05, 4.69) is 84.4 Å². The first-order chi connectivity index (χ1) is 11.8. The molecule has 0 spiro atoms. The third kappa shape index (κ3) is 3.95. The zero-order valence-corrected chi connectivity index (χ0v) is 18.3. The molecule has 3 heteroatoms. The predicted molar refractivity (Wildman–Crippen MR) is 111 cm³/mol. The molecule has 0 aliphatic heterocycles. The summed E-state index contributed by atoms with van der Waals surface area (Å²) in [5, 5.41) is 1.14. The maximum atomic E-state index is 4.60. The van der Waals surface area contributed by atoms with Gasteiger partial charge in [0.05, 0.1) is 0 Å². The van der Waals surface area contributed by atoms with E-state index < -0.39 is 13.3 Å². The van der Waals surface area contributed by atoms with Crippen LogP contribution in [0.5, 0.6) is 0 Å². The van der Waals surface area contributed by atoms with Crippen molar-refractivity contribution < 1.29 is 0 Å². The molecule has 0 saturated heterocycles. The predicted octanol–water partition coefficient (Wildman–Crippen LogP) is 5.35. The first-order valence-corrected chi connectivity index (χ1v) is 16.4. The standard InChI is InChI=1S/C22H28GeN2/c1-15(2)11-17-7-9-19-21(13-17)24-14-25-22(19)18-8-10-20(16(3)12-18)23(4,5)6/h7-10,12-15H,11H2,1-6H3. The number of aryl methyl sites for hydroxylation is 1. The van der Waals surface area contributed by atoms with Crippen LogP contribution in [-0.2, 0) is 6.42 Å². The Hall–Kier alpha value is -1.68. The summed E-state index contributed by atoms with van der Waals surface area (Å²) < 4.78 is 1.57. The molecule has 0 saturated carbocycles. The molecule has 130 valence electrons. The van der Waals surface area contributed by atoms with Crippen LogP contribution in [0.3, 0.4) is 0 Å². The normalized spacial score (nSPS) is 12.1. The van der Waals surface area contributed by atoms with Gasteiger partial charge in [-0.25, -0.2) is 0 Å². The Labute approximate surface area is 154 Å². The summed E-state index contributed by atoms with van der Waals surface area (Å²) in [4.78, 5) is 9.12. The molecule has 1 aromatic heterocycles. The molecule has 0 unspecified atom stereocenters. The fraction of sp³-hybridized carbons (Fsp3) is 0.364. The Bertz CT molecular complexity index is 908. The van der Waals surface area contributed by atoms with Gasteiger partial charge in [-0.15, -0.1) is 0 Å². The average Bonchev–Trinajstić information content (AvgIpc) is 2.52. The maximum absolute atomic E-state index is 4.60. The number of rotatable bonds is 4. The van der Waals surface area contributed by atoms with Crippen molar-refractivity contribution in [2.75, 3.05) is 0 Å². The van der Waals surface area contributed by atoms with E-state index in [1.165, 1.54) is 16.7 Å². The van der Waals surface area contributed by atoms with Crippen LogP contribution in [0.25, 0.3) is 22.2 Å². The van der Waals surface area contributed by atoms with Crippen molar-refractivity contribution in [2.24, 2.45) is 5.92 Å². The summed E-state index contributed by atoms with van der Waals surface area (Å²) in [6.07, 6.45) is 2.78. The average molecular weight is 393 g/mol. The van der Waals surface area contributed by atoms with E-state index in [0.717, 1.165) is 23.0 Å². The van der Waals surface area contributed by atoms with E-state index in [1.807, 2.05) is 0 Å². The number of benzene rings is 2. The van der Waals surface area contributed by atoms with E-state index in [9.17, 15) is 0 Å². The van der Waals surface area contributed by atoms with Crippen LogP contribution < -0.4 is 4.40 Å².